The van der Waals surface area contributed by atoms with Gasteiger partial charge in [0.15, 0.2) is 6.10 Å². The third-order valence-corrected chi connectivity index (χ3v) is 7.15. The summed E-state index contributed by atoms with van der Waals surface area (Å²) in [6, 6.07) is 15.3. The first-order chi connectivity index (χ1) is 16.4. The number of pyridine rings is 1. The molecule has 5 rings (SSSR count). The zero-order valence-electron chi connectivity index (χ0n) is 18.0. The van der Waals surface area contributed by atoms with Crippen LogP contribution in [0.3, 0.4) is 0 Å². The molecule has 0 radical (unpaired) electrons. The Bertz CT molecular complexity index is 1340. The molecule has 34 heavy (non-hydrogen) atoms. The van der Waals surface area contributed by atoms with Gasteiger partial charge in [0.1, 0.15) is 11.0 Å². The van der Waals surface area contributed by atoms with E-state index in [9.17, 15) is 18.0 Å². The number of sulfonamides is 1. The highest BCUT2D eigenvalue weighted by molar-refractivity contribution is 7.89. The topological polar surface area (TPSA) is 127 Å². The van der Waals surface area contributed by atoms with E-state index in [1.807, 2.05) is 0 Å². The molecular formula is C23H22N4O6S. The lowest BCUT2D eigenvalue weighted by atomic mass is 10.1. The predicted octanol–water partition coefficient (Wildman–Crippen LogP) is 1.73. The van der Waals surface area contributed by atoms with Gasteiger partial charge in [-0.1, -0.05) is 30.3 Å². The minimum absolute atomic E-state index is 0.0661. The first-order valence-corrected chi connectivity index (χ1v) is 12.2. The fourth-order valence-corrected chi connectivity index (χ4v) is 5.25. The van der Waals surface area contributed by atoms with Crippen LogP contribution in [0.2, 0.25) is 0 Å². The summed E-state index contributed by atoms with van der Waals surface area (Å²) in [5.74, 6) is -0.201. The largest absolute Gasteiger partial charge is 0.443 e. The second-order valence-corrected chi connectivity index (χ2v) is 9.67. The minimum atomic E-state index is -3.87. The number of carbonyl (C=O) groups excluding carboxylic acids is 2. The molecule has 0 spiro atoms. The van der Waals surface area contributed by atoms with Crippen molar-refractivity contribution in [1.82, 2.24) is 15.0 Å². The lowest BCUT2D eigenvalue weighted by molar-refractivity contribution is -0.138. The minimum Gasteiger partial charge on any atom is -0.443 e. The van der Waals surface area contributed by atoms with Gasteiger partial charge in [0.2, 0.25) is 10.0 Å². The summed E-state index contributed by atoms with van der Waals surface area (Å²) in [7, 11) is -3.87. The number of nitrogens with one attached hydrogen (secondary N) is 2. The van der Waals surface area contributed by atoms with E-state index < -0.39 is 28.3 Å². The molecular weight excluding hydrogens is 460 g/mol. The maximum Gasteiger partial charge on any atom is 0.414 e. The maximum absolute atomic E-state index is 12.9. The number of benzene rings is 2. The van der Waals surface area contributed by atoms with E-state index in [4.69, 9.17) is 9.47 Å². The SMILES string of the molecule is O=C1NCCOC1c1ccc(N2C[C@H](CNS(=O)(=O)c3cccc4cccnc34)OC2=O)cc1. The van der Waals surface area contributed by atoms with Crippen LogP contribution in [-0.2, 0) is 24.3 Å². The smallest absolute Gasteiger partial charge is 0.414 e. The van der Waals surface area contributed by atoms with Crippen molar-refractivity contribution in [1.29, 1.82) is 0 Å². The summed E-state index contributed by atoms with van der Waals surface area (Å²) in [5, 5.41) is 3.46. The molecule has 2 saturated heterocycles. The number of cyclic esters (lactones) is 1. The Kier molecular flexibility index (Phi) is 5.90. The highest BCUT2D eigenvalue weighted by atomic mass is 32.2. The molecule has 3 heterocycles. The number of ether oxygens (including phenoxy) is 2. The Morgan fingerprint density at radius 3 is 2.68 bits per heavy atom. The van der Waals surface area contributed by atoms with Gasteiger partial charge in [-0.2, -0.15) is 0 Å². The maximum atomic E-state index is 12.9. The molecule has 176 valence electrons. The summed E-state index contributed by atoms with van der Waals surface area (Å²) in [4.78, 5) is 30.1. The van der Waals surface area contributed by atoms with Crippen LogP contribution < -0.4 is 14.9 Å². The average Bonchev–Trinajstić information content (AvgIpc) is 3.23. The van der Waals surface area contributed by atoms with Crippen molar-refractivity contribution in [3.63, 3.8) is 0 Å². The normalized spacial score (nSPS) is 20.9. The number of rotatable bonds is 6. The number of amides is 2. The molecule has 2 aliphatic heterocycles. The van der Waals surface area contributed by atoms with E-state index in [-0.39, 0.29) is 23.9 Å². The third-order valence-electron chi connectivity index (χ3n) is 5.69. The fraction of sp³-hybridized carbons (Fsp3) is 0.261. The number of para-hydroxylation sites is 1. The molecule has 10 nitrogen and oxygen atoms in total. The zero-order valence-corrected chi connectivity index (χ0v) is 18.8. The molecule has 0 saturated carbocycles. The van der Waals surface area contributed by atoms with Gasteiger partial charge in [0.05, 0.1) is 18.7 Å². The van der Waals surface area contributed by atoms with Gasteiger partial charge in [-0.15, -0.1) is 0 Å². The van der Waals surface area contributed by atoms with Gasteiger partial charge in [-0.3, -0.25) is 14.7 Å². The summed E-state index contributed by atoms with van der Waals surface area (Å²) in [5.41, 5.74) is 1.63. The van der Waals surface area contributed by atoms with Crippen LogP contribution in [0, 0.1) is 0 Å². The molecule has 2 fully saturated rings. The summed E-state index contributed by atoms with van der Waals surface area (Å²) in [6.07, 6.45) is -0.386. The van der Waals surface area contributed by atoms with Crippen molar-refractivity contribution in [3.8, 4) is 0 Å². The quantitative estimate of drug-likeness (QED) is 0.548. The second-order valence-electron chi connectivity index (χ2n) is 7.93. The van der Waals surface area contributed by atoms with Crippen LogP contribution in [0.1, 0.15) is 11.7 Å². The Labute approximate surface area is 195 Å². The van der Waals surface area contributed by atoms with Crippen molar-refractivity contribution >= 4 is 38.6 Å². The highest BCUT2D eigenvalue weighted by Gasteiger charge is 2.34. The first kappa shape index (κ1) is 22.3. The Hall–Kier alpha value is -3.54. The van der Waals surface area contributed by atoms with Gasteiger partial charge >= 0.3 is 6.09 Å². The second kappa shape index (κ2) is 9.01. The first-order valence-electron chi connectivity index (χ1n) is 10.7. The average molecular weight is 483 g/mol. The van der Waals surface area contributed by atoms with Gasteiger partial charge < -0.3 is 14.8 Å². The third kappa shape index (κ3) is 4.32. The molecule has 3 aromatic rings. The molecule has 2 N–H and O–H groups in total. The number of carbonyl (C=O) groups is 2. The summed E-state index contributed by atoms with van der Waals surface area (Å²) < 4.78 is 39.2. The van der Waals surface area contributed by atoms with Gasteiger partial charge in [0.25, 0.3) is 5.91 Å². The number of morpholine rings is 1. The fourth-order valence-electron chi connectivity index (χ4n) is 4.01. The van der Waals surface area contributed by atoms with Crippen molar-refractivity contribution in [2.75, 3.05) is 31.1 Å². The van der Waals surface area contributed by atoms with Crippen molar-refractivity contribution in [2.45, 2.75) is 17.1 Å². The van der Waals surface area contributed by atoms with Crippen LogP contribution in [0.25, 0.3) is 10.9 Å². The van der Waals surface area contributed by atoms with Crippen LogP contribution in [0.15, 0.2) is 65.7 Å². The Balaban J connectivity index is 1.25. The van der Waals surface area contributed by atoms with E-state index in [0.717, 1.165) is 0 Å². The number of hydrogen-bond acceptors (Lipinski definition) is 7. The van der Waals surface area contributed by atoms with Crippen molar-refractivity contribution in [3.05, 3.63) is 66.4 Å². The lowest BCUT2D eigenvalue weighted by Crippen LogP contribution is -2.39. The molecule has 1 aromatic heterocycles. The van der Waals surface area contributed by atoms with E-state index >= 15 is 0 Å². The van der Waals surface area contributed by atoms with E-state index in [1.165, 1.54) is 17.2 Å². The number of fused-ring (bicyclic) bond motifs is 1. The highest BCUT2D eigenvalue weighted by Crippen LogP contribution is 2.26. The van der Waals surface area contributed by atoms with E-state index in [0.29, 0.717) is 35.3 Å². The van der Waals surface area contributed by atoms with Crippen LogP contribution >= 0.6 is 0 Å². The number of anilines is 1. The molecule has 2 amide bonds. The zero-order chi connectivity index (χ0) is 23.7. The molecule has 2 aliphatic rings. The number of hydrogen-bond donors (Lipinski definition) is 2. The van der Waals surface area contributed by atoms with Crippen LogP contribution in [0.5, 0.6) is 0 Å². The van der Waals surface area contributed by atoms with Gasteiger partial charge in [-0.05, 0) is 29.8 Å². The molecule has 11 heteroatoms. The summed E-state index contributed by atoms with van der Waals surface area (Å²) >= 11 is 0. The van der Waals surface area contributed by atoms with Crippen molar-refractivity contribution in [2.24, 2.45) is 0 Å². The van der Waals surface area contributed by atoms with Gasteiger partial charge in [0, 0.05) is 30.4 Å². The van der Waals surface area contributed by atoms with Gasteiger partial charge in [-0.25, -0.2) is 17.9 Å². The Morgan fingerprint density at radius 2 is 1.88 bits per heavy atom. The van der Waals surface area contributed by atoms with Crippen molar-refractivity contribution < 1.29 is 27.5 Å². The lowest BCUT2D eigenvalue weighted by Gasteiger charge is -2.23. The van der Waals surface area contributed by atoms with E-state index in [2.05, 4.69) is 15.0 Å². The number of nitrogens with zero attached hydrogens (tertiary/aromatic N) is 2. The summed E-state index contributed by atoms with van der Waals surface area (Å²) in [6.45, 7) is 1.01. The molecule has 2 aromatic carbocycles. The molecule has 1 unspecified atom stereocenters. The monoisotopic (exact) mass is 482 g/mol. The predicted molar refractivity (Wildman–Crippen MR) is 123 cm³/mol. The number of aromatic nitrogens is 1. The molecule has 2 atom stereocenters. The van der Waals surface area contributed by atoms with E-state index in [1.54, 1.807) is 48.5 Å². The molecule has 0 aliphatic carbocycles. The van der Waals surface area contributed by atoms with Crippen LogP contribution in [-0.4, -0.2) is 57.7 Å². The standard InChI is InChI=1S/C23H22N4O6S/c28-22-21(32-12-11-25-22)16-6-8-17(9-7-16)27-14-18(33-23(27)29)13-26-34(30,31)19-5-1-3-15-4-2-10-24-20(15)19/h1-10,18,21,26H,11-14H2,(H,25,28)/t18-,21?/m0/s1. The Morgan fingerprint density at radius 1 is 1.09 bits per heavy atom. The van der Waals surface area contributed by atoms with Crippen LogP contribution in [0.4, 0.5) is 10.5 Å². The molecule has 0 bridgehead atoms.